The fraction of sp³-hybridized carbons (Fsp3) is 0.250. The minimum atomic E-state index is -4.16. The van der Waals surface area contributed by atoms with Crippen LogP contribution in [0.2, 0.25) is 0 Å². The molecule has 0 amide bonds. The molecule has 24 heavy (non-hydrogen) atoms. The molecule has 0 saturated heterocycles. The third-order valence-corrected chi connectivity index (χ3v) is 6.40. The molecule has 0 radical (unpaired) electrons. The number of nitro groups is 1. The van der Waals surface area contributed by atoms with Gasteiger partial charge in [-0.1, -0.05) is 30.3 Å². The molecule has 0 fully saturated rings. The van der Waals surface area contributed by atoms with Gasteiger partial charge in [-0.2, -0.15) is 0 Å². The zero-order valence-corrected chi connectivity index (χ0v) is 14.0. The SMILES string of the molecule is CC1(C)C(N)c2ccccc2N1S(=O)(=O)c1ccccc1[N+](=O)[O-]. The van der Waals surface area contributed by atoms with E-state index in [1.54, 1.807) is 38.1 Å². The van der Waals surface area contributed by atoms with E-state index in [4.69, 9.17) is 5.73 Å². The second-order valence-corrected chi connectivity index (χ2v) is 7.94. The van der Waals surface area contributed by atoms with E-state index in [-0.39, 0.29) is 4.90 Å². The molecule has 8 heteroatoms. The van der Waals surface area contributed by atoms with Crippen molar-refractivity contribution in [3.63, 3.8) is 0 Å². The molecule has 0 spiro atoms. The van der Waals surface area contributed by atoms with E-state index in [1.165, 1.54) is 28.6 Å². The second-order valence-electron chi connectivity index (χ2n) is 6.18. The van der Waals surface area contributed by atoms with Crippen LogP contribution in [-0.4, -0.2) is 18.9 Å². The van der Waals surface area contributed by atoms with E-state index < -0.39 is 32.2 Å². The quantitative estimate of drug-likeness (QED) is 0.678. The molecule has 0 aliphatic carbocycles. The number of fused-ring (bicyclic) bond motifs is 1. The normalized spacial score (nSPS) is 19.1. The summed E-state index contributed by atoms with van der Waals surface area (Å²) in [5.41, 5.74) is 5.99. The molecule has 0 aromatic heterocycles. The first-order valence-electron chi connectivity index (χ1n) is 7.32. The fourth-order valence-corrected chi connectivity index (χ4v) is 5.13. The smallest absolute Gasteiger partial charge is 0.289 e. The van der Waals surface area contributed by atoms with Crippen LogP contribution in [0.3, 0.4) is 0 Å². The molecule has 3 rings (SSSR count). The third kappa shape index (κ3) is 2.18. The van der Waals surface area contributed by atoms with E-state index >= 15 is 0 Å². The summed E-state index contributed by atoms with van der Waals surface area (Å²) in [5, 5.41) is 11.3. The van der Waals surface area contributed by atoms with Crippen molar-refractivity contribution in [2.45, 2.75) is 30.3 Å². The number of hydrogen-bond acceptors (Lipinski definition) is 5. The Morgan fingerprint density at radius 3 is 2.38 bits per heavy atom. The molecule has 1 aliphatic heterocycles. The molecule has 1 heterocycles. The molecule has 1 unspecified atom stereocenters. The first-order valence-corrected chi connectivity index (χ1v) is 8.76. The largest absolute Gasteiger partial charge is 0.322 e. The van der Waals surface area contributed by atoms with Gasteiger partial charge < -0.3 is 5.73 Å². The predicted octanol–water partition coefficient (Wildman–Crippen LogP) is 2.58. The van der Waals surface area contributed by atoms with Crippen molar-refractivity contribution in [2.75, 3.05) is 4.31 Å². The number of nitrogens with zero attached hydrogens (tertiary/aromatic N) is 2. The third-order valence-electron chi connectivity index (χ3n) is 4.36. The number of anilines is 1. The summed E-state index contributed by atoms with van der Waals surface area (Å²) >= 11 is 0. The highest BCUT2D eigenvalue weighted by molar-refractivity contribution is 7.93. The zero-order chi connectivity index (χ0) is 17.7. The molecular weight excluding hydrogens is 330 g/mol. The Morgan fingerprint density at radius 2 is 1.71 bits per heavy atom. The van der Waals surface area contributed by atoms with Crippen molar-refractivity contribution in [2.24, 2.45) is 5.73 Å². The number of rotatable bonds is 3. The highest BCUT2D eigenvalue weighted by atomic mass is 32.2. The molecule has 2 aromatic carbocycles. The van der Waals surface area contributed by atoms with Gasteiger partial charge in [-0.25, -0.2) is 8.42 Å². The summed E-state index contributed by atoms with van der Waals surface area (Å²) in [7, 11) is -4.16. The van der Waals surface area contributed by atoms with E-state index in [0.29, 0.717) is 11.3 Å². The molecule has 2 aromatic rings. The molecule has 0 bridgehead atoms. The summed E-state index contributed by atoms with van der Waals surface area (Å²) in [4.78, 5) is 10.2. The molecule has 1 aliphatic rings. The lowest BCUT2D eigenvalue weighted by Crippen LogP contribution is -2.49. The van der Waals surface area contributed by atoms with Gasteiger partial charge in [0.15, 0.2) is 4.90 Å². The van der Waals surface area contributed by atoms with Gasteiger partial charge in [0.2, 0.25) is 0 Å². The van der Waals surface area contributed by atoms with Crippen LogP contribution in [-0.2, 0) is 10.0 Å². The van der Waals surface area contributed by atoms with Gasteiger partial charge in [-0.3, -0.25) is 14.4 Å². The maximum atomic E-state index is 13.2. The van der Waals surface area contributed by atoms with Crippen molar-refractivity contribution < 1.29 is 13.3 Å². The first kappa shape index (κ1) is 16.4. The molecule has 7 nitrogen and oxygen atoms in total. The lowest BCUT2D eigenvalue weighted by Gasteiger charge is -2.35. The molecule has 0 saturated carbocycles. The topological polar surface area (TPSA) is 107 Å². The van der Waals surface area contributed by atoms with Crippen LogP contribution >= 0.6 is 0 Å². The van der Waals surface area contributed by atoms with Crippen LogP contribution in [0.25, 0.3) is 0 Å². The Hall–Kier alpha value is -2.45. The van der Waals surface area contributed by atoms with Crippen LogP contribution in [0.5, 0.6) is 0 Å². The van der Waals surface area contributed by atoms with Crippen molar-refractivity contribution in [3.05, 3.63) is 64.2 Å². The number of nitro benzene ring substituents is 1. The Kier molecular flexibility index (Phi) is 3.61. The van der Waals surface area contributed by atoms with Gasteiger partial charge in [-0.15, -0.1) is 0 Å². The standard InChI is InChI=1S/C16H17N3O4S/c1-16(2)15(17)11-7-3-4-8-12(11)18(16)24(22,23)14-10-6-5-9-13(14)19(20)21/h3-10,15H,17H2,1-2H3. The average molecular weight is 347 g/mol. The maximum Gasteiger partial charge on any atom is 0.289 e. The van der Waals surface area contributed by atoms with Gasteiger partial charge in [0, 0.05) is 6.07 Å². The predicted molar refractivity (Wildman–Crippen MR) is 90.2 cm³/mol. The molecular formula is C16H17N3O4S. The number of para-hydroxylation sites is 2. The van der Waals surface area contributed by atoms with Crippen molar-refractivity contribution >= 4 is 21.4 Å². The minimum Gasteiger partial charge on any atom is -0.322 e. The molecule has 126 valence electrons. The summed E-state index contributed by atoms with van der Waals surface area (Å²) in [5.74, 6) is 0. The van der Waals surface area contributed by atoms with Crippen molar-refractivity contribution in [1.82, 2.24) is 0 Å². The number of nitrogens with two attached hydrogens (primary N) is 1. The second kappa shape index (κ2) is 5.29. The zero-order valence-electron chi connectivity index (χ0n) is 13.2. The summed E-state index contributed by atoms with van der Waals surface area (Å²) < 4.78 is 27.7. The van der Waals surface area contributed by atoms with Crippen LogP contribution < -0.4 is 10.0 Å². The van der Waals surface area contributed by atoms with Gasteiger partial charge >= 0.3 is 0 Å². The van der Waals surface area contributed by atoms with Crippen LogP contribution in [0, 0.1) is 10.1 Å². The van der Waals surface area contributed by atoms with Crippen LogP contribution in [0.4, 0.5) is 11.4 Å². The van der Waals surface area contributed by atoms with Gasteiger partial charge in [0.25, 0.3) is 15.7 Å². The first-order chi connectivity index (χ1) is 11.2. The monoisotopic (exact) mass is 347 g/mol. The van der Waals surface area contributed by atoms with Gasteiger partial charge in [-0.05, 0) is 31.5 Å². The van der Waals surface area contributed by atoms with E-state index in [9.17, 15) is 18.5 Å². The Balaban J connectivity index is 2.27. The highest BCUT2D eigenvalue weighted by Gasteiger charge is 2.50. The fourth-order valence-electron chi connectivity index (χ4n) is 3.12. The van der Waals surface area contributed by atoms with E-state index in [1.807, 2.05) is 0 Å². The highest BCUT2D eigenvalue weighted by Crippen LogP contribution is 2.48. The Labute approximate surface area is 139 Å². The van der Waals surface area contributed by atoms with Crippen molar-refractivity contribution in [1.29, 1.82) is 0 Å². The van der Waals surface area contributed by atoms with Gasteiger partial charge in [0.05, 0.1) is 22.2 Å². The Bertz CT molecular complexity index is 924. The number of hydrogen-bond donors (Lipinski definition) is 1. The maximum absolute atomic E-state index is 13.2. The lowest BCUT2D eigenvalue weighted by atomic mass is 9.94. The van der Waals surface area contributed by atoms with Crippen molar-refractivity contribution in [3.8, 4) is 0 Å². The minimum absolute atomic E-state index is 0.341. The van der Waals surface area contributed by atoms with E-state index in [0.717, 1.165) is 0 Å². The lowest BCUT2D eigenvalue weighted by molar-refractivity contribution is -0.387. The number of sulfonamides is 1. The van der Waals surface area contributed by atoms with Crippen LogP contribution in [0.15, 0.2) is 53.4 Å². The summed E-state index contributed by atoms with van der Waals surface area (Å²) in [6.45, 7) is 3.42. The number of benzene rings is 2. The van der Waals surface area contributed by atoms with Gasteiger partial charge in [0.1, 0.15) is 0 Å². The van der Waals surface area contributed by atoms with Crippen LogP contribution in [0.1, 0.15) is 25.5 Å². The summed E-state index contributed by atoms with van der Waals surface area (Å²) in [6, 6.07) is 11.7. The average Bonchev–Trinajstić information content (AvgIpc) is 2.74. The molecule has 2 N–H and O–H groups in total. The molecule has 1 atom stereocenters. The summed E-state index contributed by atoms with van der Waals surface area (Å²) in [6.07, 6.45) is 0. The van der Waals surface area contributed by atoms with E-state index in [2.05, 4.69) is 0 Å². The Morgan fingerprint density at radius 1 is 1.12 bits per heavy atom.